The van der Waals surface area contributed by atoms with Crippen LogP contribution in [0.5, 0.6) is 0 Å². The quantitative estimate of drug-likeness (QED) is 0.425. The van der Waals surface area contributed by atoms with E-state index in [4.69, 9.17) is 4.42 Å². The fourth-order valence-electron chi connectivity index (χ4n) is 4.14. The number of Topliss-reactive ketones (excluding diaryl/α,β-unsaturated/α-hetero) is 1. The van der Waals surface area contributed by atoms with Crippen LogP contribution >= 0.6 is 0 Å². The monoisotopic (exact) mass is 416 g/mol. The summed E-state index contributed by atoms with van der Waals surface area (Å²) in [5.41, 5.74) is 2.67. The molecule has 0 spiro atoms. The number of benzene rings is 2. The van der Waals surface area contributed by atoms with E-state index in [1.807, 2.05) is 61.5 Å². The number of anilines is 1. The predicted octanol–water partition coefficient (Wildman–Crippen LogP) is 6.51. The molecule has 0 radical (unpaired) electrons. The van der Waals surface area contributed by atoms with Crippen molar-refractivity contribution in [3.05, 3.63) is 60.3 Å². The summed E-state index contributed by atoms with van der Waals surface area (Å²) in [5, 5.41) is 2.97. The number of nitrogens with one attached hydrogen (secondary N) is 1. The summed E-state index contributed by atoms with van der Waals surface area (Å²) in [5.74, 6) is 1.58. The summed E-state index contributed by atoms with van der Waals surface area (Å²) < 4.78 is 6.01. The number of hydrogen-bond donors (Lipinski definition) is 1. The highest BCUT2D eigenvalue weighted by molar-refractivity contribution is 6.00. The molecular weight excluding hydrogens is 388 g/mol. The lowest BCUT2D eigenvalue weighted by Crippen LogP contribution is -2.12. The van der Waals surface area contributed by atoms with Gasteiger partial charge in [-0.05, 0) is 48.7 Å². The van der Waals surface area contributed by atoms with Crippen molar-refractivity contribution in [2.24, 2.45) is 5.92 Å². The second-order valence-corrected chi connectivity index (χ2v) is 8.15. The van der Waals surface area contributed by atoms with E-state index < -0.39 is 0 Å². The number of oxazole rings is 1. The van der Waals surface area contributed by atoms with Gasteiger partial charge in [0.15, 0.2) is 17.2 Å². The first-order valence-corrected chi connectivity index (χ1v) is 11.1. The van der Waals surface area contributed by atoms with Crippen molar-refractivity contribution in [3.63, 3.8) is 0 Å². The topological polar surface area (TPSA) is 72.2 Å². The molecule has 4 rings (SSSR count). The van der Waals surface area contributed by atoms with E-state index in [1.54, 1.807) is 0 Å². The van der Waals surface area contributed by atoms with Gasteiger partial charge >= 0.3 is 0 Å². The second kappa shape index (κ2) is 9.73. The largest absolute Gasteiger partial charge is 0.435 e. The molecule has 31 heavy (non-hydrogen) atoms. The molecule has 0 bridgehead atoms. The average Bonchev–Trinajstić information content (AvgIpc) is 3.49. The molecule has 5 nitrogen and oxygen atoms in total. The first-order chi connectivity index (χ1) is 15.1. The van der Waals surface area contributed by atoms with Crippen LogP contribution in [0.1, 0.15) is 62.4 Å². The molecule has 3 aromatic rings. The average molecular weight is 417 g/mol. The zero-order chi connectivity index (χ0) is 21.6. The predicted molar refractivity (Wildman–Crippen MR) is 122 cm³/mol. The van der Waals surface area contributed by atoms with Gasteiger partial charge in [0.2, 0.25) is 11.8 Å². The van der Waals surface area contributed by atoms with Gasteiger partial charge in [0, 0.05) is 29.7 Å². The maximum Gasteiger partial charge on any atom is 0.227 e. The molecule has 0 atom stereocenters. The van der Waals surface area contributed by atoms with Crippen molar-refractivity contribution in [1.29, 1.82) is 0 Å². The van der Waals surface area contributed by atoms with E-state index in [0.29, 0.717) is 36.1 Å². The summed E-state index contributed by atoms with van der Waals surface area (Å²) >= 11 is 0. The lowest BCUT2D eigenvalue weighted by molar-refractivity contribution is -0.116. The van der Waals surface area contributed by atoms with Crippen molar-refractivity contribution < 1.29 is 14.0 Å². The minimum absolute atomic E-state index is 0.0486. The zero-order valence-electron chi connectivity index (χ0n) is 17.9. The molecule has 1 fully saturated rings. The van der Waals surface area contributed by atoms with Crippen LogP contribution in [0, 0.1) is 5.92 Å². The van der Waals surface area contributed by atoms with E-state index in [0.717, 1.165) is 23.2 Å². The van der Waals surface area contributed by atoms with Crippen molar-refractivity contribution in [3.8, 4) is 22.8 Å². The fourth-order valence-corrected chi connectivity index (χ4v) is 4.14. The molecule has 0 saturated heterocycles. The fraction of sp³-hybridized carbons (Fsp3) is 0.346. The highest BCUT2D eigenvalue weighted by atomic mass is 16.4. The van der Waals surface area contributed by atoms with Crippen LogP contribution in [0.15, 0.2) is 59.0 Å². The molecule has 0 aliphatic heterocycles. The van der Waals surface area contributed by atoms with Gasteiger partial charge in [0.25, 0.3) is 0 Å². The molecule has 1 N–H and O–H groups in total. The number of nitrogens with zero attached hydrogens (tertiary/aromatic N) is 1. The molecule has 1 heterocycles. The molecule has 1 aromatic heterocycles. The van der Waals surface area contributed by atoms with Gasteiger partial charge in [-0.2, -0.15) is 0 Å². The van der Waals surface area contributed by atoms with E-state index in [9.17, 15) is 9.59 Å². The Morgan fingerprint density at radius 1 is 1.00 bits per heavy atom. The van der Waals surface area contributed by atoms with Gasteiger partial charge in [-0.15, -0.1) is 0 Å². The first kappa shape index (κ1) is 21.0. The van der Waals surface area contributed by atoms with Crippen LogP contribution in [0.3, 0.4) is 0 Å². The molecule has 0 unspecified atom stereocenters. The molecule has 1 aliphatic rings. The number of amides is 1. The third-order valence-corrected chi connectivity index (χ3v) is 5.92. The van der Waals surface area contributed by atoms with Crippen LogP contribution in [0.25, 0.3) is 22.8 Å². The zero-order valence-corrected chi connectivity index (χ0v) is 17.9. The van der Waals surface area contributed by atoms with Crippen LogP contribution in [-0.2, 0) is 4.79 Å². The summed E-state index contributed by atoms with van der Waals surface area (Å²) in [6, 6.07) is 16.9. The standard InChI is InChI=1S/C26H28N2O3/c1-2-22(29)24-25(31-26(28-24)20-10-4-3-5-11-20)19-13-15-21(16-14-19)27-23(30)17-12-18-8-6-7-9-18/h3-5,10-11,13-16,18H,2,6-9,12,17H2,1H3,(H,27,30). The van der Waals surface area contributed by atoms with Gasteiger partial charge in [0.05, 0.1) is 0 Å². The van der Waals surface area contributed by atoms with E-state index in [-0.39, 0.29) is 11.7 Å². The Morgan fingerprint density at radius 2 is 1.71 bits per heavy atom. The number of ketones is 1. The number of rotatable bonds is 8. The minimum atomic E-state index is -0.0646. The smallest absolute Gasteiger partial charge is 0.227 e. The van der Waals surface area contributed by atoms with E-state index >= 15 is 0 Å². The minimum Gasteiger partial charge on any atom is -0.435 e. The van der Waals surface area contributed by atoms with Gasteiger partial charge in [0.1, 0.15) is 0 Å². The highest BCUT2D eigenvalue weighted by Crippen LogP contribution is 2.32. The van der Waals surface area contributed by atoms with Crippen molar-refractivity contribution in [2.75, 3.05) is 5.32 Å². The molecule has 1 amide bonds. The maximum absolute atomic E-state index is 12.5. The SMILES string of the molecule is CCC(=O)c1nc(-c2ccccc2)oc1-c1ccc(NC(=O)CCC2CCCC2)cc1. The van der Waals surface area contributed by atoms with Crippen molar-refractivity contribution in [1.82, 2.24) is 4.98 Å². The van der Waals surface area contributed by atoms with Crippen LogP contribution in [0.2, 0.25) is 0 Å². The number of carbonyl (C=O) groups excluding carboxylic acids is 2. The Labute approximate surface area is 182 Å². The maximum atomic E-state index is 12.5. The van der Waals surface area contributed by atoms with Crippen LogP contribution in [0.4, 0.5) is 5.69 Å². The number of aromatic nitrogens is 1. The van der Waals surface area contributed by atoms with Crippen LogP contribution < -0.4 is 5.32 Å². The van der Waals surface area contributed by atoms with Gasteiger partial charge in [-0.1, -0.05) is 50.8 Å². The third kappa shape index (κ3) is 5.10. The number of hydrogen-bond acceptors (Lipinski definition) is 4. The highest BCUT2D eigenvalue weighted by Gasteiger charge is 2.21. The van der Waals surface area contributed by atoms with E-state index in [1.165, 1.54) is 25.7 Å². The molecule has 1 saturated carbocycles. The summed E-state index contributed by atoms with van der Waals surface area (Å²) in [6.07, 6.45) is 6.97. The van der Waals surface area contributed by atoms with Gasteiger partial charge < -0.3 is 9.73 Å². The summed E-state index contributed by atoms with van der Waals surface area (Å²) in [6.45, 7) is 1.81. The Balaban J connectivity index is 1.49. The molecule has 160 valence electrons. The molecule has 5 heteroatoms. The Hall–Kier alpha value is -3.21. The molecule has 1 aliphatic carbocycles. The molecule has 2 aromatic carbocycles. The molecular formula is C26H28N2O3. The van der Waals surface area contributed by atoms with Gasteiger partial charge in [-0.25, -0.2) is 4.98 Å². The first-order valence-electron chi connectivity index (χ1n) is 11.1. The third-order valence-electron chi connectivity index (χ3n) is 5.92. The van der Waals surface area contributed by atoms with Crippen molar-refractivity contribution in [2.45, 2.75) is 51.9 Å². The van der Waals surface area contributed by atoms with E-state index in [2.05, 4.69) is 10.3 Å². The Bertz CT molecular complexity index is 1030. The summed E-state index contributed by atoms with van der Waals surface area (Å²) in [4.78, 5) is 29.2. The van der Waals surface area contributed by atoms with Gasteiger partial charge in [-0.3, -0.25) is 9.59 Å². The normalized spacial score (nSPS) is 14.0. The number of carbonyl (C=O) groups is 2. The van der Waals surface area contributed by atoms with Crippen molar-refractivity contribution >= 4 is 17.4 Å². The Kier molecular flexibility index (Phi) is 6.60. The summed E-state index contributed by atoms with van der Waals surface area (Å²) in [7, 11) is 0. The lowest BCUT2D eigenvalue weighted by Gasteiger charge is -2.09. The lowest BCUT2D eigenvalue weighted by atomic mass is 10.0. The second-order valence-electron chi connectivity index (χ2n) is 8.15. The Morgan fingerprint density at radius 3 is 2.39 bits per heavy atom. The van der Waals surface area contributed by atoms with Crippen LogP contribution in [-0.4, -0.2) is 16.7 Å².